The fourth-order valence-corrected chi connectivity index (χ4v) is 10.6. The van der Waals surface area contributed by atoms with Crippen molar-refractivity contribution in [3.63, 3.8) is 0 Å². The second-order valence-electron chi connectivity index (χ2n) is 13.9. The van der Waals surface area contributed by atoms with Crippen molar-refractivity contribution in [3.05, 3.63) is 11.1 Å². The summed E-state index contributed by atoms with van der Waals surface area (Å²) in [6, 6.07) is 0.216. The van der Waals surface area contributed by atoms with Crippen LogP contribution in [0.25, 0.3) is 0 Å². The standard InChI is InChI=1S/C31H47NO4/c1-17-13-28-29(32(16-17)20(4)33)19(3)31(36-28)12-10-24-25-8-7-22-14-23(35-21(5)34)9-11-30(22,6)27(25)15-26(24)18(31)2/h17,19,22-25,27-29H,7-16H2,1-6H3/t17-,19+,22-,23-,24-,25-,27-,28+,29-,30-,31-/m0/s1. The minimum absolute atomic E-state index is 0.118. The maximum absolute atomic E-state index is 12.6. The molecular formula is C31H47NO4. The van der Waals surface area contributed by atoms with Gasteiger partial charge in [-0.2, -0.15) is 0 Å². The van der Waals surface area contributed by atoms with E-state index in [4.69, 9.17) is 9.47 Å². The molecule has 2 aliphatic heterocycles. The highest BCUT2D eigenvalue weighted by Gasteiger charge is 2.62. The first-order valence-corrected chi connectivity index (χ1v) is 14.9. The molecule has 200 valence electrons. The number of hydrogen-bond donors (Lipinski definition) is 0. The van der Waals surface area contributed by atoms with Gasteiger partial charge in [0, 0.05) is 26.3 Å². The van der Waals surface area contributed by atoms with Crippen molar-refractivity contribution in [3.8, 4) is 0 Å². The van der Waals surface area contributed by atoms with E-state index in [1.54, 1.807) is 19.4 Å². The molecule has 11 atom stereocenters. The quantitative estimate of drug-likeness (QED) is 0.334. The van der Waals surface area contributed by atoms with Crippen LogP contribution < -0.4 is 0 Å². The Morgan fingerprint density at radius 3 is 2.56 bits per heavy atom. The van der Waals surface area contributed by atoms with Crippen LogP contribution in [-0.2, 0) is 19.1 Å². The Balaban J connectivity index is 1.29. The van der Waals surface area contributed by atoms with E-state index in [0.29, 0.717) is 29.1 Å². The summed E-state index contributed by atoms with van der Waals surface area (Å²) >= 11 is 0. The van der Waals surface area contributed by atoms with Crippen LogP contribution in [0.15, 0.2) is 11.1 Å². The Morgan fingerprint density at radius 2 is 1.83 bits per heavy atom. The van der Waals surface area contributed by atoms with Crippen molar-refractivity contribution in [2.45, 2.75) is 123 Å². The van der Waals surface area contributed by atoms with Crippen molar-refractivity contribution in [1.29, 1.82) is 0 Å². The molecule has 0 aromatic rings. The summed E-state index contributed by atoms with van der Waals surface area (Å²) in [6.07, 6.45) is 10.8. The van der Waals surface area contributed by atoms with E-state index < -0.39 is 0 Å². The zero-order valence-electron chi connectivity index (χ0n) is 23.3. The van der Waals surface area contributed by atoms with Crippen molar-refractivity contribution in [1.82, 2.24) is 4.90 Å². The summed E-state index contributed by atoms with van der Waals surface area (Å²) in [7, 11) is 0. The molecule has 0 aromatic heterocycles. The molecule has 0 radical (unpaired) electrons. The van der Waals surface area contributed by atoms with E-state index in [-0.39, 0.29) is 35.7 Å². The van der Waals surface area contributed by atoms with E-state index in [1.165, 1.54) is 37.7 Å². The van der Waals surface area contributed by atoms with Crippen LogP contribution in [0, 0.1) is 40.9 Å². The van der Waals surface area contributed by atoms with Gasteiger partial charge in [-0.05, 0) is 105 Å². The first kappa shape index (κ1) is 24.9. The van der Waals surface area contributed by atoms with Gasteiger partial charge in [0.25, 0.3) is 0 Å². The molecule has 36 heavy (non-hydrogen) atoms. The zero-order valence-corrected chi connectivity index (χ0v) is 23.3. The van der Waals surface area contributed by atoms with Gasteiger partial charge in [-0.25, -0.2) is 0 Å². The number of fused-ring (bicyclic) bond motifs is 6. The van der Waals surface area contributed by atoms with Crippen LogP contribution in [0.3, 0.4) is 0 Å². The number of rotatable bonds is 1. The molecule has 1 amide bonds. The van der Waals surface area contributed by atoms with Gasteiger partial charge in [0.15, 0.2) is 0 Å². The van der Waals surface area contributed by atoms with Gasteiger partial charge in [0.1, 0.15) is 6.10 Å². The second kappa shape index (κ2) is 8.58. The number of amides is 1. The smallest absolute Gasteiger partial charge is 0.302 e. The molecule has 1 spiro atoms. The number of ether oxygens (including phenoxy) is 2. The minimum Gasteiger partial charge on any atom is -0.463 e. The highest BCUT2D eigenvalue weighted by molar-refractivity contribution is 5.74. The van der Waals surface area contributed by atoms with Crippen LogP contribution in [0.2, 0.25) is 0 Å². The predicted octanol–water partition coefficient (Wildman–Crippen LogP) is 5.91. The lowest BCUT2D eigenvalue weighted by Gasteiger charge is -2.54. The Bertz CT molecular complexity index is 974. The molecule has 5 heteroatoms. The summed E-state index contributed by atoms with van der Waals surface area (Å²) in [5.41, 5.74) is 3.40. The third kappa shape index (κ3) is 3.50. The van der Waals surface area contributed by atoms with E-state index in [1.807, 2.05) is 0 Å². The fraction of sp³-hybridized carbons (Fsp3) is 0.871. The molecule has 0 aromatic carbocycles. The Labute approximate surface area is 217 Å². The van der Waals surface area contributed by atoms with Crippen molar-refractivity contribution < 1.29 is 19.1 Å². The monoisotopic (exact) mass is 497 g/mol. The first-order chi connectivity index (χ1) is 17.0. The summed E-state index contributed by atoms with van der Waals surface area (Å²) in [4.78, 5) is 26.4. The zero-order chi connectivity index (χ0) is 25.6. The van der Waals surface area contributed by atoms with Crippen molar-refractivity contribution >= 4 is 11.9 Å². The first-order valence-electron chi connectivity index (χ1n) is 14.9. The van der Waals surface area contributed by atoms with E-state index in [2.05, 4.69) is 32.6 Å². The van der Waals surface area contributed by atoms with Gasteiger partial charge in [-0.1, -0.05) is 26.3 Å². The number of nitrogens with zero attached hydrogens (tertiary/aromatic N) is 1. The summed E-state index contributed by atoms with van der Waals surface area (Å²) in [6.45, 7) is 13.8. The molecule has 4 aliphatic carbocycles. The van der Waals surface area contributed by atoms with E-state index in [0.717, 1.165) is 44.1 Å². The molecule has 5 fully saturated rings. The largest absolute Gasteiger partial charge is 0.463 e. The van der Waals surface area contributed by atoms with Gasteiger partial charge in [-0.15, -0.1) is 0 Å². The lowest BCUT2D eigenvalue weighted by Crippen LogP contribution is -2.53. The molecule has 0 N–H and O–H groups in total. The molecular weight excluding hydrogens is 450 g/mol. The van der Waals surface area contributed by atoms with Gasteiger partial charge in [0.2, 0.25) is 5.91 Å². The predicted molar refractivity (Wildman–Crippen MR) is 139 cm³/mol. The molecule has 6 rings (SSSR count). The summed E-state index contributed by atoms with van der Waals surface area (Å²) in [5, 5.41) is 0. The topological polar surface area (TPSA) is 55.8 Å². The van der Waals surface area contributed by atoms with Gasteiger partial charge in [-0.3, -0.25) is 9.59 Å². The highest BCUT2D eigenvalue weighted by Crippen LogP contribution is 2.66. The second-order valence-corrected chi connectivity index (χ2v) is 13.9. The average Bonchev–Trinajstić information content (AvgIpc) is 3.33. The molecule has 6 aliphatic rings. The van der Waals surface area contributed by atoms with Crippen LogP contribution in [0.1, 0.15) is 99.3 Å². The van der Waals surface area contributed by atoms with Gasteiger partial charge >= 0.3 is 5.97 Å². The molecule has 5 nitrogen and oxygen atoms in total. The maximum Gasteiger partial charge on any atom is 0.302 e. The Hall–Kier alpha value is -1.36. The number of allylic oxidation sites excluding steroid dienone is 1. The van der Waals surface area contributed by atoms with Crippen molar-refractivity contribution in [2.24, 2.45) is 40.9 Å². The minimum atomic E-state index is -0.195. The number of hydrogen-bond acceptors (Lipinski definition) is 4. The van der Waals surface area contributed by atoms with E-state index >= 15 is 0 Å². The fourth-order valence-electron chi connectivity index (χ4n) is 10.6. The highest BCUT2D eigenvalue weighted by atomic mass is 16.5. The van der Waals surface area contributed by atoms with E-state index in [9.17, 15) is 9.59 Å². The van der Waals surface area contributed by atoms with Gasteiger partial charge in [0.05, 0.1) is 17.7 Å². The van der Waals surface area contributed by atoms with Crippen LogP contribution in [0.5, 0.6) is 0 Å². The Morgan fingerprint density at radius 1 is 1.06 bits per heavy atom. The number of carbonyl (C=O) groups is 2. The lowest BCUT2D eigenvalue weighted by molar-refractivity contribution is -0.154. The molecule has 2 saturated heterocycles. The number of esters is 1. The molecule has 2 heterocycles. The molecule has 3 saturated carbocycles. The third-order valence-corrected chi connectivity index (χ3v) is 12.3. The maximum atomic E-state index is 12.6. The molecule has 0 bridgehead atoms. The summed E-state index contributed by atoms with van der Waals surface area (Å²) < 4.78 is 12.8. The van der Waals surface area contributed by atoms with Crippen LogP contribution in [0.4, 0.5) is 0 Å². The lowest BCUT2D eigenvalue weighted by atomic mass is 9.52. The van der Waals surface area contributed by atoms with Crippen LogP contribution >= 0.6 is 0 Å². The normalized spacial score (nSPS) is 49.8. The summed E-state index contributed by atoms with van der Waals surface area (Å²) in [5.74, 6) is 3.84. The number of carbonyl (C=O) groups excluding carboxylic acids is 2. The Kier molecular flexibility index (Phi) is 5.94. The SMILES string of the molecule is CC(=O)O[C@H]1CC[C@@]2(C)[C@@H](CC[C@H]3[C@@H]4CC[C@]5(O[C@@H]6C[C@H](C)CN(C(C)=O)[C@H]6[C@H]5C)C(C)=C4C[C@@H]32)C1. The van der Waals surface area contributed by atoms with Crippen LogP contribution in [-0.4, -0.2) is 47.2 Å². The average molecular weight is 498 g/mol. The molecule has 0 unspecified atom stereocenters. The van der Waals surface area contributed by atoms with Gasteiger partial charge < -0.3 is 14.4 Å². The van der Waals surface area contributed by atoms with Crippen molar-refractivity contribution in [2.75, 3.05) is 6.54 Å². The third-order valence-electron chi connectivity index (χ3n) is 12.3. The number of piperidine rings is 1. The number of likely N-dealkylation sites (tertiary alicyclic amines) is 1.